The summed E-state index contributed by atoms with van der Waals surface area (Å²) in [5, 5.41) is 5.89. The molecule has 0 saturated heterocycles. The van der Waals surface area contributed by atoms with Gasteiger partial charge < -0.3 is 20.1 Å². The van der Waals surface area contributed by atoms with Crippen molar-refractivity contribution in [2.24, 2.45) is 0 Å². The number of hydrogen-bond acceptors (Lipinski definition) is 4. The van der Waals surface area contributed by atoms with Crippen LogP contribution in [0, 0.1) is 0 Å². The summed E-state index contributed by atoms with van der Waals surface area (Å²) in [6.07, 6.45) is 0. The van der Waals surface area contributed by atoms with Crippen LogP contribution < -0.4 is 20.1 Å². The smallest absolute Gasteiger partial charge is 0.255 e. The van der Waals surface area contributed by atoms with Crippen LogP contribution in [-0.4, -0.2) is 32.6 Å². The Morgan fingerprint density at radius 3 is 2.06 bits per heavy atom. The molecule has 3 aromatic rings. The standard InChI is InChI=1S/C26H28N2O4/c1-26(2,17-27-24(29)18-8-6-5-7-9-18)20-11-13-21(14-12-20)28-25(30)19-10-15-22(31-3)23(16-19)32-4/h5-16H,17H2,1-4H3,(H,27,29)(H,28,30). The number of nitrogens with one attached hydrogen (secondary N) is 2. The summed E-state index contributed by atoms with van der Waals surface area (Å²) in [5.41, 5.74) is 2.55. The number of hydrogen-bond donors (Lipinski definition) is 2. The van der Waals surface area contributed by atoms with Gasteiger partial charge in [-0.15, -0.1) is 0 Å². The Balaban J connectivity index is 1.63. The van der Waals surface area contributed by atoms with E-state index in [9.17, 15) is 9.59 Å². The Morgan fingerprint density at radius 1 is 0.781 bits per heavy atom. The first-order chi connectivity index (χ1) is 15.3. The van der Waals surface area contributed by atoms with Gasteiger partial charge in [0.15, 0.2) is 11.5 Å². The minimum atomic E-state index is -0.281. The Labute approximate surface area is 188 Å². The molecule has 0 atom stereocenters. The third kappa shape index (κ3) is 5.46. The lowest BCUT2D eigenvalue weighted by molar-refractivity contribution is 0.0945. The maximum atomic E-state index is 12.6. The topological polar surface area (TPSA) is 76.7 Å². The molecule has 0 saturated carbocycles. The zero-order valence-corrected chi connectivity index (χ0v) is 18.8. The van der Waals surface area contributed by atoms with Gasteiger partial charge in [-0.25, -0.2) is 0 Å². The molecule has 0 aliphatic carbocycles. The summed E-state index contributed by atoms with van der Waals surface area (Å²) in [7, 11) is 3.08. The predicted molar refractivity (Wildman–Crippen MR) is 126 cm³/mol. The summed E-state index contributed by atoms with van der Waals surface area (Å²) in [6.45, 7) is 4.61. The highest BCUT2D eigenvalue weighted by molar-refractivity contribution is 6.04. The molecule has 0 spiro atoms. The number of carbonyl (C=O) groups excluding carboxylic acids is 2. The van der Waals surface area contributed by atoms with Gasteiger partial charge in [0.25, 0.3) is 11.8 Å². The van der Waals surface area contributed by atoms with Gasteiger partial charge in [0.2, 0.25) is 0 Å². The SMILES string of the molecule is COc1ccc(C(=O)Nc2ccc(C(C)(C)CNC(=O)c3ccccc3)cc2)cc1OC. The van der Waals surface area contributed by atoms with Gasteiger partial charge >= 0.3 is 0 Å². The number of ether oxygens (including phenoxy) is 2. The van der Waals surface area contributed by atoms with Gasteiger partial charge in [0.05, 0.1) is 14.2 Å². The van der Waals surface area contributed by atoms with Crippen LogP contribution in [0.3, 0.4) is 0 Å². The fourth-order valence-corrected chi connectivity index (χ4v) is 3.28. The Bertz CT molecular complexity index is 1080. The molecule has 2 amide bonds. The van der Waals surface area contributed by atoms with Crippen molar-refractivity contribution >= 4 is 17.5 Å². The van der Waals surface area contributed by atoms with E-state index in [0.717, 1.165) is 5.56 Å². The molecule has 0 bridgehead atoms. The Kier molecular flexibility index (Phi) is 7.15. The molecule has 6 nitrogen and oxygen atoms in total. The minimum Gasteiger partial charge on any atom is -0.493 e. The van der Waals surface area contributed by atoms with Crippen LogP contribution in [0.15, 0.2) is 72.8 Å². The van der Waals surface area contributed by atoms with Gasteiger partial charge in [-0.2, -0.15) is 0 Å². The summed E-state index contributed by atoms with van der Waals surface area (Å²) >= 11 is 0. The molecule has 3 aromatic carbocycles. The number of carbonyl (C=O) groups is 2. The molecule has 166 valence electrons. The zero-order valence-electron chi connectivity index (χ0n) is 18.8. The molecule has 6 heteroatoms. The van der Waals surface area contributed by atoms with Crippen molar-refractivity contribution in [1.82, 2.24) is 5.32 Å². The number of benzene rings is 3. The van der Waals surface area contributed by atoms with E-state index in [1.54, 1.807) is 37.4 Å². The number of anilines is 1. The van der Waals surface area contributed by atoms with E-state index in [4.69, 9.17) is 9.47 Å². The third-order valence-electron chi connectivity index (χ3n) is 5.30. The van der Waals surface area contributed by atoms with E-state index < -0.39 is 0 Å². The van der Waals surface area contributed by atoms with Crippen molar-refractivity contribution in [1.29, 1.82) is 0 Å². The first kappa shape index (κ1) is 22.9. The highest BCUT2D eigenvalue weighted by atomic mass is 16.5. The molecule has 0 aliphatic rings. The van der Waals surface area contributed by atoms with Crippen molar-refractivity contribution in [3.8, 4) is 11.5 Å². The number of rotatable bonds is 8. The van der Waals surface area contributed by atoms with Gasteiger partial charge in [-0.05, 0) is 48.0 Å². The second-order valence-electron chi connectivity index (χ2n) is 8.03. The van der Waals surface area contributed by atoms with Crippen LogP contribution in [0.1, 0.15) is 40.1 Å². The molecule has 0 aromatic heterocycles. The maximum absolute atomic E-state index is 12.6. The summed E-state index contributed by atoms with van der Waals surface area (Å²) < 4.78 is 10.5. The fraction of sp³-hybridized carbons (Fsp3) is 0.231. The van der Waals surface area contributed by atoms with E-state index in [2.05, 4.69) is 24.5 Å². The van der Waals surface area contributed by atoms with Crippen LogP contribution >= 0.6 is 0 Å². The molecule has 0 fully saturated rings. The zero-order chi connectivity index (χ0) is 23.1. The highest BCUT2D eigenvalue weighted by Gasteiger charge is 2.22. The van der Waals surface area contributed by atoms with Crippen molar-refractivity contribution in [2.45, 2.75) is 19.3 Å². The van der Waals surface area contributed by atoms with E-state index >= 15 is 0 Å². The van der Waals surface area contributed by atoms with Gasteiger partial charge in [-0.3, -0.25) is 9.59 Å². The number of methoxy groups -OCH3 is 2. The fourth-order valence-electron chi connectivity index (χ4n) is 3.28. The van der Waals surface area contributed by atoms with Crippen molar-refractivity contribution in [3.05, 3.63) is 89.5 Å². The lowest BCUT2D eigenvalue weighted by Crippen LogP contribution is -2.36. The quantitative estimate of drug-likeness (QED) is 0.543. The molecule has 0 unspecified atom stereocenters. The van der Waals surface area contributed by atoms with Crippen molar-refractivity contribution in [2.75, 3.05) is 26.1 Å². The average Bonchev–Trinajstić information content (AvgIpc) is 2.83. The second kappa shape index (κ2) is 10.0. The van der Waals surface area contributed by atoms with Crippen molar-refractivity contribution in [3.63, 3.8) is 0 Å². The van der Waals surface area contributed by atoms with E-state index in [0.29, 0.717) is 34.9 Å². The molecule has 0 heterocycles. The Hall–Kier alpha value is -3.80. The molecule has 32 heavy (non-hydrogen) atoms. The summed E-state index contributed by atoms with van der Waals surface area (Å²) in [4.78, 5) is 25.0. The van der Waals surface area contributed by atoms with Crippen LogP contribution in [0.5, 0.6) is 11.5 Å². The lowest BCUT2D eigenvalue weighted by atomic mass is 9.84. The van der Waals surface area contributed by atoms with Gasteiger partial charge in [-0.1, -0.05) is 44.2 Å². The first-order valence-corrected chi connectivity index (χ1v) is 10.3. The van der Waals surface area contributed by atoms with E-state index in [-0.39, 0.29) is 17.2 Å². The lowest BCUT2D eigenvalue weighted by Gasteiger charge is -2.26. The predicted octanol–water partition coefficient (Wildman–Crippen LogP) is 4.66. The molecular weight excluding hydrogens is 404 g/mol. The normalized spacial score (nSPS) is 10.9. The van der Waals surface area contributed by atoms with Crippen molar-refractivity contribution < 1.29 is 19.1 Å². The largest absolute Gasteiger partial charge is 0.493 e. The monoisotopic (exact) mass is 432 g/mol. The Morgan fingerprint density at radius 2 is 1.44 bits per heavy atom. The summed E-state index contributed by atoms with van der Waals surface area (Å²) in [6, 6.07) is 21.8. The van der Waals surface area contributed by atoms with Crippen LogP contribution in [0.25, 0.3) is 0 Å². The highest BCUT2D eigenvalue weighted by Crippen LogP contribution is 2.28. The molecule has 2 N–H and O–H groups in total. The van der Waals surface area contributed by atoms with Crippen LogP contribution in [-0.2, 0) is 5.41 Å². The summed E-state index contributed by atoms with van der Waals surface area (Å²) in [5.74, 6) is 0.718. The minimum absolute atomic E-state index is 0.0996. The van der Waals surface area contributed by atoms with E-state index in [1.165, 1.54) is 7.11 Å². The van der Waals surface area contributed by atoms with Gasteiger partial charge in [0.1, 0.15) is 0 Å². The molecule has 3 rings (SSSR count). The second-order valence-corrected chi connectivity index (χ2v) is 8.03. The maximum Gasteiger partial charge on any atom is 0.255 e. The molecular formula is C26H28N2O4. The first-order valence-electron chi connectivity index (χ1n) is 10.3. The number of amides is 2. The van der Waals surface area contributed by atoms with E-state index in [1.807, 2.05) is 42.5 Å². The third-order valence-corrected chi connectivity index (χ3v) is 5.30. The van der Waals surface area contributed by atoms with Crippen LogP contribution in [0.2, 0.25) is 0 Å². The molecule has 0 aliphatic heterocycles. The van der Waals surface area contributed by atoms with Crippen LogP contribution in [0.4, 0.5) is 5.69 Å². The van der Waals surface area contributed by atoms with Gasteiger partial charge in [0, 0.05) is 28.8 Å². The average molecular weight is 433 g/mol. The molecule has 0 radical (unpaired) electrons.